The molecule has 0 bridgehead atoms. The van der Waals surface area contributed by atoms with Gasteiger partial charge in [0, 0.05) is 49.5 Å². The van der Waals surface area contributed by atoms with Crippen molar-refractivity contribution in [1.82, 2.24) is 14.7 Å². The third-order valence-electron chi connectivity index (χ3n) is 9.54. The Labute approximate surface area is 234 Å². The minimum atomic E-state index is 0.112. The van der Waals surface area contributed by atoms with Gasteiger partial charge in [-0.05, 0) is 109 Å². The molecule has 2 aromatic rings. The minimum Gasteiger partial charge on any atom is -0.368 e. The zero-order valence-electron chi connectivity index (χ0n) is 24.7. The molecule has 2 aliphatic carbocycles. The van der Waals surface area contributed by atoms with Crippen molar-refractivity contribution >= 4 is 28.2 Å². The number of carbonyl (C=O) groups is 2. The standard InChI is InChI=1S/C33H46N4O2/c1-6-37(26-12-10-25(11-13-26)36-16-8-7-9-17-36)33-24(4)28(20-30-29(33)21-34-35(30)5)31(38)15-14-27-23(3)18-22(2)19-32(27)39/h18,20-21,25-26H,6-17,19H2,1-5H3. The molecule has 210 valence electrons. The first-order valence-corrected chi connectivity index (χ1v) is 15.2. The molecule has 5 rings (SSSR count). The van der Waals surface area contributed by atoms with Crippen LogP contribution in [0.4, 0.5) is 5.69 Å². The maximum Gasteiger partial charge on any atom is 0.163 e. The fraction of sp³-hybridized carbons (Fsp3) is 0.606. The first-order valence-electron chi connectivity index (χ1n) is 15.2. The van der Waals surface area contributed by atoms with Crippen molar-refractivity contribution in [1.29, 1.82) is 0 Å². The van der Waals surface area contributed by atoms with E-state index in [1.165, 1.54) is 63.7 Å². The van der Waals surface area contributed by atoms with Gasteiger partial charge in [0.15, 0.2) is 11.6 Å². The number of likely N-dealkylation sites (tertiary alicyclic amines) is 1. The summed E-state index contributed by atoms with van der Waals surface area (Å²) in [5.41, 5.74) is 6.92. The lowest BCUT2D eigenvalue weighted by atomic mass is 9.86. The molecule has 0 radical (unpaired) electrons. The summed E-state index contributed by atoms with van der Waals surface area (Å²) in [5.74, 6) is 0.276. The van der Waals surface area contributed by atoms with Gasteiger partial charge in [0.05, 0.1) is 17.4 Å². The van der Waals surface area contributed by atoms with Crippen molar-refractivity contribution < 1.29 is 9.59 Å². The fourth-order valence-electron chi connectivity index (χ4n) is 7.45. The van der Waals surface area contributed by atoms with E-state index >= 15 is 0 Å². The first-order chi connectivity index (χ1) is 18.8. The molecule has 1 saturated heterocycles. The highest BCUT2D eigenvalue weighted by Crippen LogP contribution is 2.38. The van der Waals surface area contributed by atoms with E-state index in [9.17, 15) is 9.59 Å². The normalized spacial score (nSPS) is 22.9. The molecule has 2 fully saturated rings. The van der Waals surface area contributed by atoms with Gasteiger partial charge in [-0.15, -0.1) is 0 Å². The molecule has 6 heteroatoms. The van der Waals surface area contributed by atoms with Crippen molar-refractivity contribution in [3.63, 3.8) is 0 Å². The number of aryl methyl sites for hydroxylation is 1. The SMILES string of the molecule is CCN(c1c(C)c(C(=O)CCC2=C(C)C=C(C)CC2=O)cc2c1cnn2C)C1CCC(N2CCCCC2)CC1. The van der Waals surface area contributed by atoms with Crippen molar-refractivity contribution in [2.45, 2.75) is 104 Å². The van der Waals surface area contributed by atoms with E-state index in [0.717, 1.165) is 51.3 Å². The monoisotopic (exact) mass is 530 g/mol. The van der Waals surface area contributed by atoms with Crippen LogP contribution in [0.15, 0.2) is 35.1 Å². The second-order valence-corrected chi connectivity index (χ2v) is 12.1. The van der Waals surface area contributed by atoms with E-state index in [0.29, 0.717) is 25.3 Å². The summed E-state index contributed by atoms with van der Waals surface area (Å²) in [6.07, 6.45) is 14.4. The zero-order chi connectivity index (χ0) is 27.7. The maximum absolute atomic E-state index is 13.7. The number of benzene rings is 1. The Bertz CT molecular complexity index is 1300. The Hall–Kier alpha value is -2.73. The van der Waals surface area contributed by atoms with Crippen LogP contribution in [0, 0.1) is 6.92 Å². The largest absolute Gasteiger partial charge is 0.368 e. The van der Waals surface area contributed by atoms with Crippen LogP contribution in [-0.2, 0) is 11.8 Å². The number of carbonyl (C=O) groups excluding carboxylic acids is 2. The van der Waals surface area contributed by atoms with Crippen LogP contribution in [0.25, 0.3) is 10.9 Å². The maximum atomic E-state index is 13.7. The molecule has 0 N–H and O–H groups in total. The lowest BCUT2D eigenvalue weighted by Crippen LogP contribution is -2.46. The summed E-state index contributed by atoms with van der Waals surface area (Å²) in [6.45, 7) is 11.8. The van der Waals surface area contributed by atoms with Crippen LogP contribution in [0.3, 0.4) is 0 Å². The van der Waals surface area contributed by atoms with E-state index < -0.39 is 0 Å². The van der Waals surface area contributed by atoms with E-state index in [-0.39, 0.29) is 11.6 Å². The number of hydrogen-bond acceptors (Lipinski definition) is 5. The number of rotatable bonds is 8. The van der Waals surface area contributed by atoms with Gasteiger partial charge in [-0.1, -0.05) is 18.1 Å². The molecule has 1 aromatic carbocycles. The molecule has 0 atom stereocenters. The Morgan fingerprint density at radius 3 is 2.46 bits per heavy atom. The van der Waals surface area contributed by atoms with E-state index in [4.69, 9.17) is 0 Å². The van der Waals surface area contributed by atoms with Gasteiger partial charge in [0.2, 0.25) is 0 Å². The lowest BCUT2D eigenvalue weighted by molar-refractivity contribution is -0.115. The van der Waals surface area contributed by atoms with Crippen LogP contribution in [0.2, 0.25) is 0 Å². The molecular formula is C33H46N4O2. The number of hydrogen-bond donors (Lipinski definition) is 0. The Morgan fingerprint density at radius 2 is 1.79 bits per heavy atom. The minimum absolute atomic E-state index is 0.112. The topological polar surface area (TPSA) is 58.4 Å². The number of anilines is 1. The third-order valence-corrected chi connectivity index (χ3v) is 9.54. The number of Topliss-reactive ketones (excluding diaryl/α,β-unsaturated/α-hetero) is 2. The lowest BCUT2D eigenvalue weighted by Gasteiger charge is -2.43. The summed E-state index contributed by atoms with van der Waals surface area (Å²) in [5, 5.41) is 5.73. The van der Waals surface area contributed by atoms with Crippen LogP contribution in [0.5, 0.6) is 0 Å². The first kappa shape index (κ1) is 27.8. The zero-order valence-corrected chi connectivity index (χ0v) is 24.7. The molecular weight excluding hydrogens is 484 g/mol. The van der Waals surface area contributed by atoms with Gasteiger partial charge in [0.1, 0.15) is 0 Å². The molecule has 39 heavy (non-hydrogen) atoms. The van der Waals surface area contributed by atoms with Crippen LogP contribution in [0.1, 0.15) is 101 Å². The second kappa shape index (κ2) is 11.8. The molecule has 1 aliphatic heterocycles. The summed E-state index contributed by atoms with van der Waals surface area (Å²) in [7, 11) is 1.96. The van der Waals surface area contributed by atoms with Crippen molar-refractivity contribution in [3.8, 4) is 0 Å². The summed E-state index contributed by atoms with van der Waals surface area (Å²) in [4.78, 5) is 31.7. The van der Waals surface area contributed by atoms with Gasteiger partial charge in [-0.3, -0.25) is 14.3 Å². The second-order valence-electron chi connectivity index (χ2n) is 12.1. The Morgan fingerprint density at radius 1 is 1.08 bits per heavy atom. The van der Waals surface area contributed by atoms with Gasteiger partial charge in [-0.25, -0.2) is 0 Å². The summed E-state index contributed by atoms with van der Waals surface area (Å²) in [6, 6.07) is 3.23. The van der Waals surface area contributed by atoms with Gasteiger partial charge in [-0.2, -0.15) is 5.10 Å². The summed E-state index contributed by atoms with van der Waals surface area (Å²) < 4.78 is 1.89. The van der Waals surface area contributed by atoms with Gasteiger partial charge in [0.25, 0.3) is 0 Å². The number of allylic oxidation sites excluding steroid dienone is 4. The number of nitrogens with zero attached hydrogens (tertiary/aromatic N) is 4. The van der Waals surface area contributed by atoms with Gasteiger partial charge < -0.3 is 9.80 Å². The molecule has 3 aliphatic rings. The van der Waals surface area contributed by atoms with E-state index in [1.807, 2.05) is 37.8 Å². The van der Waals surface area contributed by atoms with E-state index in [2.05, 4.69) is 34.8 Å². The number of fused-ring (bicyclic) bond motifs is 1. The highest BCUT2D eigenvalue weighted by molar-refractivity contribution is 6.07. The highest BCUT2D eigenvalue weighted by atomic mass is 16.1. The van der Waals surface area contributed by atoms with Crippen LogP contribution in [-0.4, -0.2) is 58.0 Å². The Balaban J connectivity index is 1.40. The molecule has 0 spiro atoms. The average molecular weight is 531 g/mol. The average Bonchev–Trinajstić information content (AvgIpc) is 3.30. The van der Waals surface area contributed by atoms with Crippen LogP contribution >= 0.6 is 0 Å². The summed E-state index contributed by atoms with van der Waals surface area (Å²) >= 11 is 0. The van der Waals surface area contributed by atoms with Gasteiger partial charge >= 0.3 is 0 Å². The van der Waals surface area contributed by atoms with E-state index in [1.54, 1.807) is 0 Å². The smallest absolute Gasteiger partial charge is 0.163 e. The highest BCUT2D eigenvalue weighted by Gasteiger charge is 2.31. The third kappa shape index (κ3) is 5.63. The van der Waals surface area contributed by atoms with Crippen molar-refractivity contribution in [2.24, 2.45) is 7.05 Å². The predicted octanol–water partition coefficient (Wildman–Crippen LogP) is 6.70. The number of ketones is 2. The van der Waals surface area contributed by atoms with Crippen molar-refractivity contribution in [2.75, 3.05) is 24.5 Å². The Kier molecular flexibility index (Phi) is 8.41. The number of aromatic nitrogens is 2. The van der Waals surface area contributed by atoms with Crippen molar-refractivity contribution in [3.05, 3.63) is 46.2 Å². The molecule has 1 aromatic heterocycles. The number of piperidine rings is 1. The molecule has 6 nitrogen and oxygen atoms in total. The fourth-order valence-corrected chi connectivity index (χ4v) is 7.45. The van der Waals surface area contributed by atoms with Crippen LogP contribution < -0.4 is 4.90 Å². The molecule has 0 unspecified atom stereocenters. The molecule has 2 heterocycles. The molecule has 1 saturated carbocycles. The predicted molar refractivity (Wildman–Crippen MR) is 160 cm³/mol. The molecule has 0 amide bonds. The quantitative estimate of drug-likeness (QED) is 0.355.